The van der Waals surface area contributed by atoms with Crippen LogP contribution in [0.15, 0.2) is 23.1 Å². The van der Waals surface area contributed by atoms with E-state index >= 15 is 0 Å². The molecular formula is C20H27F3N2O5S. The van der Waals surface area contributed by atoms with Crippen molar-refractivity contribution in [2.24, 2.45) is 5.92 Å². The SMILES string of the molecule is O=C(Nc1cc(S(=O)(=O)N2CCCCCC2)ccc1OCC(F)(F)F)C1CCOCC1. The van der Waals surface area contributed by atoms with Crippen molar-refractivity contribution in [2.75, 3.05) is 38.2 Å². The highest BCUT2D eigenvalue weighted by Crippen LogP contribution is 2.32. The largest absolute Gasteiger partial charge is 0.482 e. The Morgan fingerprint density at radius 1 is 1.13 bits per heavy atom. The maximum atomic E-state index is 13.1. The molecule has 31 heavy (non-hydrogen) atoms. The van der Waals surface area contributed by atoms with Crippen LogP contribution in [-0.2, 0) is 19.6 Å². The molecule has 1 aromatic carbocycles. The number of halogens is 3. The van der Waals surface area contributed by atoms with Crippen molar-refractivity contribution in [3.05, 3.63) is 18.2 Å². The zero-order valence-electron chi connectivity index (χ0n) is 17.1. The Bertz CT molecular complexity index is 862. The minimum atomic E-state index is -4.57. The maximum Gasteiger partial charge on any atom is 0.422 e. The van der Waals surface area contributed by atoms with Gasteiger partial charge in [0.25, 0.3) is 0 Å². The van der Waals surface area contributed by atoms with Crippen LogP contribution in [0, 0.1) is 5.92 Å². The van der Waals surface area contributed by atoms with Crippen molar-refractivity contribution in [1.82, 2.24) is 4.31 Å². The second-order valence-corrected chi connectivity index (χ2v) is 9.69. The molecule has 0 saturated carbocycles. The molecule has 7 nitrogen and oxygen atoms in total. The van der Waals surface area contributed by atoms with Gasteiger partial charge in [-0.15, -0.1) is 0 Å². The molecule has 1 amide bonds. The minimum Gasteiger partial charge on any atom is -0.482 e. The van der Waals surface area contributed by atoms with Crippen LogP contribution in [0.1, 0.15) is 38.5 Å². The van der Waals surface area contributed by atoms with Gasteiger partial charge in [-0.2, -0.15) is 17.5 Å². The number of nitrogens with zero attached hydrogens (tertiary/aromatic N) is 1. The number of carbonyl (C=O) groups excluding carboxylic acids is 1. The van der Waals surface area contributed by atoms with Gasteiger partial charge < -0.3 is 14.8 Å². The van der Waals surface area contributed by atoms with Crippen molar-refractivity contribution >= 4 is 21.6 Å². The Labute approximate surface area is 179 Å². The molecule has 0 aromatic heterocycles. The number of sulfonamides is 1. The summed E-state index contributed by atoms with van der Waals surface area (Å²) in [6.07, 6.45) is -0.213. The third-order valence-corrected chi connectivity index (χ3v) is 7.29. The number of hydrogen-bond donors (Lipinski definition) is 1. The van der Waals surface area contributed by atoms with Crippen LogP contribution in [0.3, 0.4) is 0 Å². The molecule has 2 heterocycles. The summed E-state index contributed by atoms with van der Waals surface area (Å²) in [6, 6.07) is 3.56. The molecule has 174 valence electrons. The standard InChI is InChI=1S/C20H27F3N2O5S/c21-20(22,23)14-30-18-6-5-16(31(27,28)25-9-3-1-2-4-10-25)13-17(18)24-19(26)15-7-11-29-12-8-15/h5-6,13,15H,1-4,7-12,14H2,(H,24,26). The fourth-order valence-corrected chi connectivity index (χ4v) is 5.22. The predicted octanol–water partition coefficient (Wildman–Crippen LogP) is 3.56. The first kappa shape index (κ1) is 23.8. The van der Waals surface area contributed by atoms with Crippen LogP contribution in [0.2, 0.25) is 0 Å². The van der Waals surface area contributed by atoms with E-state index in [1.807, 2.05) is 0 Å². The van der Waals surface area contributed by atoms with Gasteiger partial charge in [0, 0.05) is 32.2 Å². The number of carbonyl (C=O) groups is 1. The second-order valence-electron chi connectivity index (χ2n) is 7.76. The predicted molar refractivity (Wildman–Crippen MR) is 107 cm³/mol. The number of anilines is 1. The number of ether oxygens (including phenoxy) is 2. The lowest BCUT2D eigenvalue weighted by Crippen LogP contribution is -2.32. The molecule has 0 radical (unpaired) electrons. The van der Waals surface area contributed by atoms with Crippen LogP contribution in [0.4, 0.5) is 18.9 Å². The first-order chi connectivity index (χ1) is 14.7. The average molecular weight is 465 g/mol. The number of hydrogen-bond acceptors (Lipinski definition) is 5. The van der Waals surface area contributed by atoms with Crippen LogP contribution in [0.25, 0.3) is 0 Å². The summed E-state index contributed by atoms with van der Waals surface area (Å²) in [5.41, 5.74) is -0.0864. The molecule has 3 rings (SSSR count). The van der Waals surface area contributed by atoms with Gasteiger partial charge in [-0.3, -0.25) is 4.79 Å². The van der Waals surface area contributed by atoms with E-state index in [9.17, 15) is 26.4 Å². The van der Waals surface area contributed by atoms with Gasteiger partial charge >= 0.3 is 6.18 Å². The van der Waals surface area contributed by atoms with Crippen molar-refractivity contribution in [2.45, 2.75) is 49.6 Å². The molecule has 0 aliphatic carbocycles. The maximum absolute atomic E-state index is 13.1. The fourth-order valence-electron chi connectivity index (χ4n) is 3.68. The Morgan fingerprint density at radius 3 is 2.39 bits per heavy atom. The Balaban J connectivity index is 1.87. The Morgan fingerprint density at radius 2 is 1.77 bits per heavy atom. The van der Waals surface area contributed by atoms with E-state index in [0.29, 0.717) is 39.1 Å². The lowest BCUT2D eigenvalue weighted by Gasteiger charge is -2.23. The monoisotopic (exact) mass is 464 g/mol. The highest BCUT2D eigenvalue weighted by atomic mass is 32.2. The molecule has 11 heteroatoms. The number of amides is 1. The topological polar surface area (TPSA) is 84.9 Å². The molecule has 0 bridgehead atoms. The molecule has 2 saturated heterocycles. The summed E-state index contributed by atoms with van der Waals surface area (Å²) in [7, 11) is -3.84. The smallest absolute Gasteiger partial charge is 0.422 e. The number of rotatable bonds is 6. The van der Waals surface area contributed by atoms with Gasteiger partial charge in [-0.1, -0.05) is 12.8 Å². The lowest BCUT2D eigenvalue weighted by molar-refractivity contribution is -0.153. The molecule has 2 aliphatic rings. The van der Waals surface area contributed by atoms with Gasteiger partial charge in [-0.05, 0) is 43.9 Å². The summed E-state index contributed by atoms with van der Waals surface area (Å²) >= 11 is 0. The van der Waals surface area contributed by atoms with E-state index in [4.69, 9.17) is 9.47 Å². The van der Waals surface area contributed by atoms with E-state index < -0.39 is 28.7 Å². The van der Waals surface area contributed by atoms with Crippen LogP contribution < -0.4 is 10.1 Å². The van der Waals surface area contributed by atoms with E-state index in [1.165, 1.54) is 16.4 Å². The molecular weight excluding hydrogens is 437 g/mol. The summed E-state index contributed by atoms with van der Waals surface area (Å²) < 4.78 is 75.6. The minimum absolute atomic E-state index is 0.0864. The van der Waals surface area contributed by atoms with Crippen molar-refractivity contribution in [1.29, 1.82) is 0 Å². The van der Waals surface area contributed by atoms with E-state index in [1.54, 1.807) is 0 Å². The summed E-state index contributed by atoms with van der Waals surface area (Å²) in [5, 5.41) is 2.57. The van der Waals surface area contributed by atoms with Crippen molar-refractivity contribution < 1.29 is 35.9 Å². The third kappa shape index (κ3) is 6.56. The lowest BCUT2D eigenvalue weighted by atomic mass is 9.99. The molecule has 2 fully saturated rings. The number of benzene rings is 1. The van der Waals surface area contributed by atoms with Gasteiger partial charge in [0.2, 0.25) is 15.9 Å². The van der Waals surface area contributed by atoms with Crippen LogP contribution in [-0.4, -0.2) is 57.7 Å². The van der Waals surface area contributed by atoms with E-state index in [2.05, 4.69) is 5.32 Å². The van der Waals surface area contributed by atoms with Gasteiger partial charge in [-0.25, -0.2) is 8.42 Å². The number of nitrogens with one attached hydrogen (secondary N) is 1. The van der Waals surface area contributed by atoms with Crippen LogP contribution >= 0.6 is 0 Å². The van der Waals surface area contributed by atoms with Crippen LogP contribution in [0.5, 0.6) is 5.75 Å². The second kappa shape index (κ2) is 10.2. The number of alkyl halides is 3. The summed E-state index contributed by atoms with van der Waals surface area (Å²) in [4.78, 5) is 12.5. The average Bonchev–Trinajstić information content (AvgIpc) is 3.03. The Kier molecular flexibility index (Phi) is 7.82. The van der Waals surface area contributed by atoms with E-state index in [-0.39, 0.29) is 22.3 Å². The summed E-state index contributed by atoms with van der Waals surface area (Å²) in [6.45, 7) is 0.0556. The molecule has 1 aromatic rings. The fraction of sp³-hybridized carbons (Fsp3) is 0.650. The zero-order chi connectivity index (χ0) is 22.5. The van der Waals surface area contributed by atoms with Gasteiger partial charge in [0.05, 0.1) is 10.6 Å². The highest BCUT2D eigenvalue weighted by Gasteiger charge is 2.31. The molecule has 2 aliphatic heterocycles. The first-order valence-corrected chi connectivity index (χ1v) is 11.8. The molecule has 0 unspecified atom stereocenters. The van der Waals surface area contributed by atoms with Gasteiger partial charge in [0.15, 0.2) is 6.61 Å². The molecule has 0 spiro atoms. The van der Waals surface area contributed by atoms with Crippen molar-refractivity contribution in [3.63, 3.8) is 0 Å². The van der Waals surface area contributed by atoms with E-state index in [0.717, 1.165) is 31.7 Å². The third-order valence-electron chi connectivity index (χ3n) is 5.40. The van der Waals surface area contributed by atoms with Crippen molar-refractivity contribution in [3.8, 4) is 5.75 Å². The zero-order valence-corrected chi connectivity index (χ0v) is 17.9. The Hall–Kier alpha value is -1.85. The molecule has 0 atom stereocenters. The molecule has 1 N–H and O–H groups in total. The summed E-state index contributed by atoms with van der Waals surface area (Å²) in [5.74, 6) is -0.993. The first-order valence-electron chi connectivity index (χ1n) is 10.4. The quantitative estimate of drug-likeness (QED) is 0.696. The normalized spacial score (nSPS) is 19.6. The highest BCUT2D eigenvalue weighted by molar-refractivity contribution is 7.89. The van der Waals surface area contributed by atoms with Gasteiger partial charge in [0.1, 0.15) is 5.75 Å².